The highest BCUT2D eigenvalue weighted by Gasteiger charge is 2.25. The molecule has 5 nitrogen and oxygen atoms in total. The van der Waals surface area contributed by atoms with Crippen LogP contribution in [0.3, 0.4) is 0 Å². The van der Waals surface area contributed by atoms with Gasteiger partial charge in [0.05, 0.1) is 22.7 Å². The fraction of sp³-hybridized carbons (Fsp3) is 0.0833. The lowest BCUT2D eigenvalue weighted by atomic mass is 10.1. The summed E-state index contributed by atoms with van der Waals surface area (Å²) in [5.74, 6) is -0.190. The molecule has 0 amide bonds. The largest absolute Gasteiger partial charge is 0.493 e. The van der Waals surface area contributed by atoms with Crippen LogP contribution in [-0.4, -0.2) is 19.0 Å². The molecule has 32 heavy (non-hydrogen) atoms. The molecule has 1 aliphatic rings. The minimum Gasteiger partial charge on any atom is -0.493 e. The predicted octanol–water partition coefficient (Wildman–Crippen LogP) is 6.06. The van der Waals surface area contributed by atoms with E-state index in [9.17, 15) is 9.18 Å². The van der Waals surface area contributed by atoms with Crippen LogP contribution in [0.2, 0.25) is 10.0 Å². The number of hydrogen-bond donors (Lipinski definition) is 0. The van der Waals surface area contributed by atoms with Crippen LogP contribution >= 0.6 is 23.2 Å². The molecule has 0 spiro atoms. The van der Waals surface area contributed by atoms with E-state index >= 15 is 0 Å². The van der Waals surface area contributed by atoms with E-state index in [1.54, 1.807) is 48.5 Å². The first-order valence-corrected chi connectivity index (χ1v) is 10.2. The Morgan fingerprint density at radius 1 is 1.06 bits per heavy atom. The van der Waals surface area contributed by atoms with E-state index in [0.717, 1.165) is 0 Å². The second-order valence-corrected chi connectivity index (χ2v) is 7.58. The van der Waals surface area contributed by atoms with E-state index in [2.05, 4.69) is 4.99 Å². The fourth-order valence-corrected chi connectivity index (χ4v) is 3.55. The molecule has 4 rings (SSSR count). The Balaban J connectivity index is 1.60. The predicted molar refractivity (Wildman–Crippen MR) is 121 cm³/mol. The molecule has 162 valence electrons. The summed E-state index contributed by atoms with van der Waals surface area (Å²) in [5, 5.41) is 0.680. The van der Waals surface area contributed by atoms with Crippen molar-refractivity contribution >= 4 is 41.1 Å². The number of nitrogens with zero attached hydrogens (tertiary/aromatic N) is 1. The number of cyclic esters (lactones) is 1. The topological polar surface area (TPSA) is 57.1 Å². The molecule has 3 aromatic carbocycles. The molecule has 0 N–H and O–H groups in total. The van der Waals surface area contributed by atoms with Gasteiger partial charge in [0.1, 0.15) is 12.4 Å². The Hall–Kier alpha value is -3.35. The van der Waals surface area contributed by atoms with Crippen molar-refractivity contribution in [3.8, 4) is 11.5 Å². The lowest BCUT2D eigenvalue weighted by Crippen LogP contribution is -2.05. The summed E-state index contributed by atoms with van der Waals surface area (Å²) >= 11 is 12.6. The van der Waals surface area contributed by atoms with Gasteiger partial charge in [0.25, 0.3) is 0 Å². The summed E-state index contributed by atoms with van der Waals surface area (Å²) in [4.78, 5) is 16.6. The molecule has 0 atom stereocenters. The summed E-state index contributed by atoms with van der Waals surface area (Å²) in [5.41, 5.74) is 1.81. The number of halogens is 3. The van der Waals surface area contributed by atoms with E-state index in [1.165, 1.54) is 25.3 Å². The second kappa shape index (κ2) is 9.42. The average Bonchev–Trinajstić information content (AvgIpc) is 3.13. The van der Waals surface area contributed by atoms with Crippen molar-refractivity contribution in [3.63, 3.8) is 0 Å². The van der Waals surface area contributed by atoms with Gasteiger partial charge in [-0.25, -0.2) is 14.2 Å². The highest BCUT2D eigenvalue weighted by molar-refractivity contribution is 6.34. The van der Waals surface area contributed by atoms with Crippen molar-refractivity contribution in [3.05, 3.63) is 98.9 Å². The van der Waals surface area contributed by atoms with Crippen molar-refractivity contribution in [2.45, 2.75) is 6.61 Å². The molecule has 1 heterocycles. The van der Waals surface area contributed by atoms with E-state index < -0.39 is 5.97 Å². The zero-order valence-corrected chi connectivity index (χ0v) is 18.3. The third kappa shape index (κ3) is 4.77. The molecule has 0 fully saturated rings. The van der Waals surface area contributed by atoms with Crippen LogP contribution in [0.4, 0.5) is 4.39 Å². The lowest BCUT2D eigenvalue weighted by molar-refractivity contribution is -0.129. The number of benzene rings is 3. The third-order valence-electron chi connectivity index (χ3n) is 4.55. The summed E-state index contributed by atoms with van der Waals surface area (Å²) < 4.78 is 29.8. The molecule has 1 aliphatic heterocycles. The summed E-state index contributed by atoms with van der Waals surface area (Å²) in [6.45, 7) is 0.103. The Morgan fingerprint density at radius 2 is 1.88 bits per heavy atom. The maximum absolute atomic E-state index is 13.4. The van der Waals surface area contributed by atoms with E-state index in [1.807, 2.05) is 0 Å². The maximum atomic E-state index is 13.4. The Morgan fingerprint density at radius 3 is 2.62 bits per heavy atom. The standard InChI is InChI=1S/C24H16Cl2FNO4/c1-30-21-12-15(10-19(26)22(21)31-13-14-5-4-6-16(27)9-14)11-20-24(29)32-23(28-20)17-7-2-3-8-18(17)25/h2-12H,13H2,1H3/b20-11-. The van der Waals surface area contributed by atoms with Crippen LogP contribution in [0.5, 0.6) is 11.5 Å². The van der Waals surface area contributed by atoms with Gasteiger partial charge in [-0.05, 0) is 53.6 Å². The van der Waals surface area contributed by atoms with Gasteiger partial charge >= 0.3 is 5.97 Å². The number of aliphatic imine (C=N–C) groups is 1. The van der Waals surface area contributed by atoms with Gasteiger partial charge in [-0.15, -0.1) is 0 Å². The summed E-state index contributed by atoms with van der Waals surface area (Å²) in [7, 11) is 1.47. The van der Waals surface area contributed by atoms with Gasteiger partial charge in [0.15, 0.2) is 17.2 Å². The zero-order chi connectivity index (χ0) is 22.7. The quantitative estimate of drug-likeness (QED) is 0.323. The van der Waals surface area contributed by atoms with E-state index in [-0.39, 0.29) is 29.0 Å². The van der Waals surface area contributed by atoms with Crippen LogP contribution in [0.25, 0.3) is 6.08 Å². The molecular weight excluding hydrogens is 456 g/mol. The smallest absolute Gasteiger partial charge is 0.363 e. The molecule has 0 radical (unpaired) electrons. The molecule has 0 aliphatic carbocycles. The zero-order valence-electron chi connectivity index (χ0n) is 16.8. The molecule has 0 saturated heterocycles. The second-order valence-electron chi connectivity index (χ2n) is 6.77. The van der Waals surface area contributed by atoms with Crippen LogP contribution in [0.1, 0.15) is 16.7 Å². The first-order valence-electron chi connectivity index (χ1n) is 9.47. The van der Waals surface area contributed by atoms with E-state index in [0.29, 0.717) is 33.2 Å². The highest BCUT2D eigenvalue weighted by Crippen LogP contribution is 2.38. The number of ether oxygens (including phenoxy) is 3. The van der Waals surface area contributed by atoms with Crippen molar-refractivity contribution in [2.75, 3.05) is 7.11 Å². The Bertz CT molecular complexity index is 1260. The number of carbonyl (C=O) groups is 1. The van der Waals surface area contributed by atoms with Gasteiger partial charge in [-0.1, -0.05) is 47.5 Å². The average molecular weight is 472 g/mol. The molecule has 0 unspecified atom stereocenters. The lowest BCUT2D eigenvalue weighted by Gasteiger charge is -2.13. The van der Waals surface area contributed by atoms with Crippen molar-refractivity contribution in [1.29, 1.82) is 0 Å². The van der Waals surface area contributed by atoms with Crippen LogP contribution in [-0.2, 0) is 16.1 Å². The minimum absolute atomic E-state index is 0.0893. The highest BCUT2D eigenvalue weighted by atomic mass is 35.5. The molecule has 0 aromatic heterocycles. The maximum Gasteiger partial charge on any atom is 0.363 e. The van der Waals surface area contributed by atoms with E-state index in [4.69, 9.17) is 37.4 Å². The van der Waals surface area contributed by atoms with Crippen LogP contribution < -0.4 is 9.47 Å². The summed E-state index contributed by atoms with van der Waals surface area (Å²) in [6, 6.07) is 16.3. The van der Waals surface area contributed by atoms with Gasteiger partial charge in [-0.2, -0.15) is 0 Å². The van der Waals surface area contributed by atoms with Gasteiger partial charge in [0, 0.05) is 0 Å². The Labute approximate surface area is 193 Å². The minimum atomic E-state index is -0.610. The number of hydrogen-bond acceptors (Lipinski definition) is 5. The molecule has 3 aromatic rings. The fourth-order valence-electron chi connectivity index (χ4n) is 3.06. The first-order chi connectivity index (χ1) is 15.4. The number of carbonyl (C=O) groups excluding carboxylic acids is 1. The number of esters is 1. The van der Waals surface area contributed by atoms with Crippen molar-refractivity contribution < 1.29 is 23.4 Å². The summed E-state index contributed by atoms with van der Waals surface area (Å²) in [6.07, 6.45) is 1.52. The van der Waals surface area contributed by atoms with Crippen LogP contribution in [0.15, 0.2) is 71.4 Å². The number of methoxy groups -OCH3 is 1. The third-order valence-corrected chi connectivity index (χ3v) is 5.16. The van der Waals surface area contributed by atoms with Crippen molar-refractivity contribution in [2.24, 2.45) is 4.99 Å². The van der Waals surface area contributed by atoms with Gasteiger partial charge < -0.3 is 14.2 Å². The normalized spacial score (nSPS) is 14.3. The van der Waals surface area contributed by atoms with Crippen molar-refractivity contribution in [1.82, 2.24) is 0 Å². The molecule has 0 saturated carbocycles. The Kier molecular flexibility index (Phi) is 6.44. The van der Waals surface area contributed by atoms with Gasteiger partial charge in [0.2, 0.25) is 5.90 Å². The molecule has 8 heteroatoms. The molecule has 0 bridgehead atoms. The number of rotatable bonds is 6. The first kappa shape index (κ1) is 21.9. The SMILES string of the molecule is COc1cc(/C=C2\N=C(c3ccccc3Cl)OC2=O)cc(Cl)c1OCc1cccc(F)c1. The molecular formula is C24H16Cl2FNO4. The van der Waals surface area contributed by atoms with Gasteiger partial charge in [-0.3, -0.25) is 0 Å². The monoisotopic (exact) mass is 471 g/mol. The van der Waals surface area contributed by atoms with Crippen LogP contribution in [0, 0.1) is 5.82 Å².